The summed E-state index contributed by atoms with van der Waals surface area (Å²) < 4.78 is 18.0. The third-order valence-corrected chi connectivity index (χ3v) is 3.19. The van der Waals surface area contributed by atoms with Crippen molar-refractivity contribution < 1.29 is 13.9 Å². The minimum atomic E-state index is -0.361. The van der Waals surface area contributed by atoms with Crippen molar-refractivity contribution in [3.63, 3.8) is 0 Å². The summed E-state index contributed by atoms with van der Waals surface area (Å²) in [6.45, 7) is 2.15. The van der Waals surface area contributed by atoms with Crippen LogP contribution in [0.5, 0.6) is 0 Å². The Morgan fingerprint density at radius 3 is 2.59 bits per heavy atom. The average Bonchev–Trinajstić information content (AvgIpc) is 2.51. The summed E-state index contributed by atoms with van der Waals surface area (Å²) in [6, 6.07) is 11.9. The van der Waals surface area contributed by atoms with Gasteiger partial charge in [-0.2, -0.15) is 0 Å². The quantitative estimate of drug-likeness (QED) is 0.631. The Morgan fingerprint density at radius 2 is 1.95 bits per heavy atom. The second-order valence-corrected chi connectivity index (χ2v) is 4.88. The zero-order chi connectivity index (χ0) is 15.9. The molecule has 0 spiro atoms. The molecule has 0 fully saturated rings. The van der Waals surface area contributed by atoms with Crippen molar-refractivity contribution in [2.75, 3.05) is 17.7 Å². The normalized spacial score (nSPS) is 10.3. The van der Waals surface area contributed by atoms with Crippen LogP contribution in [0.15, 0.2) is 42.5 Å². The molecule has 0 amide bonds. The lowest BCUT2D eigenvalue weighted by molar-refractivity contribution is -0.143. The lowest BCUT2D eigenvalue weighted by Crippen LogP contribution is -2.06. The number of rotatable bonds is 6. The Bertz CT molecular complexity index is 642. The second kappa shape index (κ2) is 7.45. The fourth-order valence-corrected chi connectivity index (χ4v) is 1.94. The first-order chi connectivity index (χ1) is 10.6. The highest BCUT2D eigenvalue weighted by molar-refractivity contribution is 5.72. The van der Waals surface area contributed by atoms with Crippen LogP contribution in [0.4, 0.5) is 21.5 Å². The third kappa shape index (κ3) is 4.48. The van der Waals surface area contributed by atoms with Gasteiger partial charge in [-0.1, -0.05) is 19.1 Å². The molecular weight excluding hydrogens is 283 g/mol. The van der Waals surface area contributed by atoms with Crippen LogP contribution in [0.3, 0.4) is 0 Å². The molecule has 0 unspecified atom stereocenters. The van der Waals surface area contributed by atoms with Crippen LogP contribution in [0, 0.1) is 5.82 Å². The van der Waals surface area contributed by atoms with Crippen molar-refractivity contribution >= 4 is 23.0 Å². The lowest BCUT2D eigenvalue weighted by Gasteiger charge is -2.10. The molecular formula is C17H19FN2O2. The van der Waals surface area contributed by atoms with E-state index in [9.17, 15) is 9.18 Å². The van der Waals surface area contributed by atoms with E-state index in [1.54, 1.807) is 13.0 Å². The van der Waals surface area contributed by atoms with Crippen LogP contribution in [-0.4, -0.2) is 12.6 Å². The maximum atomic E-state index is 13.0. The maximum absolute atomic E-state index is 13.0. The predicted octanol–water partition coefficient (Wildman–Crippen LogP) is 3.65. The van der Waals surface area contributed by atoms with Gasteiger partial charge in [0.05, 0.1) is 18.0 Å². The number of benzene rings is 2. The first-order valence-corrected chi connectivity index (χ1v) is 7.15. The molecule has 116 valence electrons. The number of nitrogens with one attached hydrogen (secondary N) is 1. The van der Waals surface area contributed by atoms with Gasteiger partial charge in [-0.3, -0.25) is 4.79 Å². The molecule has 0 saturated heterocycles. The fraction of sp³-hybridized carbons (Fsp3) is 0.235. The van der Waals surface area contributed by atoms with Gasteiger partial charge in [-0.15, -0.1) is 0 Å². The minimum absolute atomic E-state index is 0.190. The summed E-state index contributed by atoms with van der Waals surface area (Å²) in [5.41, 5.74) is 8.70. The van der Waals surface area contributed by atoms with E-state index < -0.39 is 0 Å². The van der Waals surface area contributed by atoms with E-state index in [1.807, 2.05) is 24.3 Å². The third-order valence-electron chi connectivity index (χ3n) is 3.19. The van der Waals surface area contributed by atoms with Crippen molar-refractivity contribution in [2.45, 2.75) is 19.8 Å². The van der Waals surface area contributed by atoms with Gasteiger partial charge in [0.25, 0.3) is 0 Å². The van der Waals surface area contributed by atoms with E-state index in [4.69, 9.17) is 10.5 Å². The number of anilines is 3. The number of esters is 1. The Balaban J connectivity index is 1.92. The van der Waals surface area contributed by atoms with E-state index in [0.717, 1.165) is 11.3 Å². The van der Waals surface area contributed by atoms with E-state index in [2.05, 4.69) is 5.32 Å². The molecule has 3 N–H and O–H groups in total. The molecule has 0 aromatic heterocycles. The van der Waals surface area contributed by atoms with Gasteiger partial charge >= 0.3 is 5.97 Å². The monoisotopic (exact) mass is 302 g/mol. The van der Waals surface area contributed by atoms with E-state index in [-0.39, 0.29) is 11.8 Å². The molecule has 0 aliphatic rings. The van der Waals surface area contributed by atoms with Crippen molar-refractivity contribution in [1.29, 1.82) is 0 Å². The second-order valence-electron chi connectivity index (χ2n) is 4.88. The zero-order valence-electron chi connectivity index (χ0n) is 12.4. The molecule has 0 aliphatic heterocycles. The van der Waals surface area contributed by atoms with Crippen molar-refractivity contribution in [2.24, 2.45) is 0 Å². The average molecular weight is 302 g/mol. The number of carbonyl (C=O) groups excluding carboxylic acids is 1. The van der Waals surface area contributed by atoms with Gasteiger partial charge in [0.15, 0.2) is 0 Å². The Kier molecular flexibility index (Phi) is 5.36. The molecule has 5 heteroatoms. The highest BCUT2D eigenvalue weighted by Crippen LogP contribution is 2.24. The van der Waals surface area contributed by atoms with Gasteiger partial charge in [-0.25, -0.2) is 4.39 Å². The van der Waals surface area contributed by atoms with Crippen LogP contribution in [0.2, 0.25) is 0 Å². The van der Waals surface area contributed by atoms with E-state index >= 15 is 0 Å². The highest BCUT2D eigenvalue weighted by Gasteiger charge is 2.02. The van der Waals surface area contributed by atoms with Crippen molar-refractivity contribution in [3.05, 3.63) is 53.8 Å². The standard InChI is InChI=1S/C17H19FN2O2/c1-2-17(21)22-10-9-12-3-6-14(7-4-12)20-16-8-5-13(18)11-15(16)19/h3-8,11,20H,2,9-10,19H2,1H3. The molecule has 0 aliphatic carbocycles. The van der Waals surface area contributed by atoms with Crippen LogP contribution in [0.25, 0.3) is 0 Å². The van der Waals surface area contributed by atoms with E-state index in [0.29, 0.717) is 30.8 Å². The predicted molar refractivity (Wildman–Crippen MR) is 85.5 cm³/mol. The fourth-order valence-electron chi connectivity index (χ4n) is 1.94. The molecule has 0 bridgehead atoms. The molecule has 4 nitrogen and oxygen atoms in total. The molecule has 0 saturated carbocycles. The SMILES string of the molecule is CCC(=O)OCCc1ccc(Nc2ccc(F)cc2N)cc1. The first kappa shape index (κ1) is 15.8. The number of ether oxygens (including phenoxy) is 1. The molecule has 2 aromatic carbocycles. The Labute approximate surface area is 129 Å². The Hall–Kier alpha value is -2.56. The molecule has 2 rings (SSSR count). The van der Waals surface area contributed by atoms with Crippen LogP contribution in [-0.2, 0) is 16.0 Å². The summed E-state index contributed by atoms with van der Waals surface area (Å²) in [6.07, 6.45) is 1.06. The molecule has 0 atom stereocenters. The molecule has 22 heavy (non-hydrogen) atoms. The number of hydrogen-bond acceptors (Lipinski definition) is 4. The smallest absolute Gasteiger partial charge is 0.305 e. The van der Waals surface area contributed by atoms with Gasteiger partial charge in [0.1, 0.15) is 5.82 Å². The highest BCUT2D eigenvalue weighted by atomic mass is 19.1. The number of halogens is 1. The number of nitrogen functional groups attached to an aromatic ring is 1. The summed E-state index contributed by atoms with van der Waals surface area (Å²) in [5.74, 6) is -0.551. The summed E-state index contributed by atoms with van der Waals surface area (Å²) in [4.78, 5) is 11.0. The molecule has 0 heterocycles. The summed E-state index contributed by atoms with van der Waals surface area (Å²) in [5, 5.41) is 3.13. The van der Waals surface area contributed by atoms with Gasteiger partial charge in [0, 0.05) is 18.5 Å². The maximum Gasteiger partial charge on any atom is 0.305 e. The van der Waals surface area contributed by atoms with Gasteiger partial charge in [-0.05, 0) is 35.9 Å². The number of carbonyl (C=O) groups is 1. The van der Waals surface area contributed by atoms with Crippen molar-refractivity contribution in [1.82, 2.24) is 0 Å². The Morgan fingerprint density at radius 1 is 1.23 bits per heavy atom. The summed E-state index contributed by atoms with van der Waals surface area (Å²) >= 11 is 0. The number of hydrogen-bond donors (Lipinski definition) is 2. The molecule has 2 aromatic rings. The lowest BCUT2D eigenvalue weighted by atomic mass is 10.1. The van der Waals surface area contributed by atoms with Gasteiger partial charge < -0.3 is 15.8 Å². The largest absolute Gasteiger partial charge is 0.465 e. The zero-order valence-corrected chi connectivity index (χ0v) is 12.4. The minimum Gasteiger partial charge on any atom is -0.465 e. The van der Waals surface area contributed by atoms with Crippen LogP contribution in [0.1, 0.15) is 18.9 Å². The van der Waals surface area contributed by atoms with E-state index in [1.165, 1.54) is 12.1 Å². The van der Waals surface area contributed by atoms with Crippen LogP contribution >= 0.6 is 0 Å². The first-order valence-electron chi connectivity index (χ1n) is 7.15. The van der Waals surface area contributed by atoms with Crippen LogP contribution < -0.4 is 11.1 Å². The molecule has 0 radical (unpaired) electrons. The van der Waals surface area contributed by atoms with Gasteiger partial charge in [0.2, 0.25) is 0 Å². The van der Waals surface area contributed by atoms with Crippen molar-refractivity contribution in [3.8, 4) is 0 Å². The topological polar surface area (TPSA) is 64.3 Å². The summed E-state index contributed by atoms with van der Waals surface area (Å²) in [7, 11) is 0. The number of nitrogens with two attached hydrogens (primary N) is 1.